The monoisotopic (exact) mass is 273 g/mol. The molecule has 7 nitrogen and oxygen atoms in total. The molecule has 3 rings (SSSR count). The third kappa shape index (κ3) is 2.16. The molecule has 2 aromatic rings. The maximum atomic E-state index is 10.7. The number of aromatic nitrogens is 2. The Kier molecular flexibility index (Phi) is 3.19. The second-order valence-corrected chi connectivity index (χ2v) is 4.88. The van der Waals surface area contributed by atoms with Crippen LogP contribution in [0.3, 0.4) is 0 Å². The van der Waals surface area contributed by atoms with Crippen LogP contribution in [-0.2, 0) is 0 Å². The number of hydrogen-bond acceptors (Lipinski definition) is 6. The van der Waals surface area contributed by atoms with Gasteiger partial charge in [-0.2, -0.15) is 0 Å². The molecule has 1 aliphatic rings. The number of nitrogens with zero attached hydrogens (tertiary/aromatic N) is 4. The topological polar surface area (TPSA) is 98.2 Å². The Balaban J connectivity index is 1.99. The van der Waals surface area contributed by atoms with Crippen LogP contribution in [-0.4, -0.2) is 34.0 Å². The van der Waals surface area contributed by atoms with E-state index in [4.69, 9.17) is 5.73 Å². The molecule has 0 spiro atoms. The Hall–Kier alpha value is -2.28. The molecular formula is C13H15N5O2. The molecule has 0 amide bonds. The molecule has 1 saturated heterocycles. The molecule has 1 atom stereocenters. The van der Waals surface area contributed by atoms with Crippen LogP contribution in [0.15, 0.2) is 24.4 Å². The van der Waals surface area contributed by atoms with Crippen LogP contribution in [0, 0.1) is 10.1 Å². The Morgan fingerprint density at radius 1 is 1.45 bits per heavy atom. The van der Waals surface area contributed by atoms with Crippen LogP contribution in [0.4, 0.5) is 11.5 Å². The van der Waals surface area contributed by atoms with E-state index in [9.17, 15) is 10.1 Å². The minimum Gasteiger partial charge on any atom is -0.351 e. The Morgan fingerprint density at radius 2 is 2.30 bits per heavy atom. The molecule has 0 aliphatic carbocycles. The Morgan fingerprint density at radius 3 is 3.05 bits per heavy atom. The highest BCUT2D eigenvalue weighted by atomic mass is 16.6. The number of nitrogens with two attached hydrogens (primary N) is 1. The van der Waals surface area contributed by atoms with Crippen LogP contribution in [0.2, 0.25) is 0 Å². The third-order valence-electron chi connectivity index (χ3n) is 3.67. The first-order chi connectivity index (χ1) is 9.69. The summed E-state index contributed by atoms with van der Waals surface area (Å²) < 4.78 is 0. The largest absolute Gasteiger partial charge is 0.351 e. The second-order valence-electron chi connectivity index (χ2n) is 4.88. The molecule has 20 heavy (non-hydrogen) atoms. The van der Waals surface area contributed by atoms with Gasteiger partial charge in [-0.15, -0.1) is 0 Å². The van der Waals surface area contributed by atoms with Gasteiger partial charge in [-0.1, -0.05) is 0 Å². The summed E-state index contributed by atoms with van der Waals surface area (Å²) in [5, 5.41) is 10.7. The summed E-state index contributed by atoms with van der Waals surface area (Å²) in [4.78, 5) is 21.3. The first-order valence-electron chi connectivity index (χ1n) is 6.57. The van der Waals surface area contributed by atoms with Crippen LogP contribution in [0.1, 0.15) is 12.8 Å². The Bertz CT molecular complexity index is 660. The van der Waals surface area contributed by atoms with Crippen LogP contribution < -0.4 is 10.6 Å². The van der Waals surface area contributed by atoms with Crippen molar-refractivity contribution in [3.8, 4) is 0 Å². The molecule has 1 aromatic carbocycles. The molecule has 0 radical (unpaired) electrons. The molecule has 1 aromatic heterocycles. The first kappa shape index (κ1) is 12.7. The third-order valence-corrected chi connectivity index (χ3v) is 3.67. The van der Waals surface area contributed by atoms with Crippen LogP contribution in [0.25, 0.3) is 11.0 Å². The molecule has 7 heteroatoms. The highest BCUT2D eigenvalue weighted by Crippen LogP contribution is 2.25. The number of hydrogen-bond donors (Lipinski definition) is 1. The predicted molar refractivity (Wildman–Crippen MR) is 75.6 cm³/mol. The van der Waals surface area contributed by atoms with Gasteiger partial charge in [-0.05, 0) is 18.9 Å². The lowest BCUT2D eigenvalue weighted by Gasteiger charge is -2.24. The maximum absolute atomic E-state index is 10.7. The van der Waals surface area contributed by atoms with Crippen molar-refractivity contribution in [1.29, 1.82) is 0 Å². The van der Waals surface area contributed by atoms with E-state index in [1.807, 2.05) is 0 Å². The zero-order valence-electron chi connectivity index (χ0n) is 10.9. The van der Waals surface area contributed by atoms with Gasteiger partial charge in [0.15, 0.2) is 0 Å². The van der Waals surface area contributed by atoms with Crippen LogP contribution in [0.5, 0.6) is 0 Å². The fraction of sp³-hybridized carbons (Fsp3) is 0.385. The minimum absolute atomic E-state index is 0.0283. The van der Waals surface area contributed by atoms with Crippen molar-refractivity contribution < 1.29 is 4.92 Å². The van der Waals surface area contributed by atoms with Crippen molar-refractivity contribution in [2.24, 2.45) is 5.73 Å². The van der Waals surface area contributed by atoms with Crippen molar-refractivity contribution in [2.45, 2.75) is 18.9 Å². The molecule has 2 heterocycles. The molecule has 1 aliphatic heterocycles. The lowest BCUT2D eigenvalue weighted by atomic mass is 10.2. The minimum atomic E-state index is -0.431. The average molecular weight is 273 g/mol. The van der Waals surface area contributed by atoms with Gasteiger partial charge in [0.2, 0.25) is 0 Å². The number of non-ortho nitro benzene ring substituents is 1. The van der Waals surface area contributed by atoms with E-state index in [-0.39, 0.29) is 5.69 Å². The molecule has 104 valence electrons. The quantitative estimate of drug-likeness (QED) is 0.671. The van der Waals surface area contributed by atoms with Crippen molar-refractivity contribution >= 4 is 22.5 Å². The van der Waals surface area contributed by atoms with Gasteiger partial charge in [-0.3, -0.25) is 15.1 Å². The number of rotatable bonds is 3. The van der Waals surface area contributed by atoms with E-state index in [0.29, 0.717) is 23.6 Å². The molecule has 0 unspecified atom stereocenters. The van der Waals surface area contributed by atoms with E-state index in [1.165, 1.54) is 12.1 Å². The van der Waals surface area contributed by atoms with Gasteiger partial charge >= 0.3 is 0 Å². The van der Waals surface area contributed by atoms with Crippen molar-refractivity contribution in [3.63, 3.8) is 0 Å². The zero-order valence-corrected chi connectivity index (χ0v) is 10.9. The summed E-state index contributed by atoms with van der Waals surface area (Å²) in [6.07, 6.45) is 3.83. The number of fused-ring (bicyclic) bond motifs is 1. The summed E-state index contributed by atoms with van der Waals surface area (Å²) in [5.41, 5.74) is 6.99. The fourth-order valence-electron chi connectivity index (χ4n) is 2.62. The van der Waals surface area contributed by atoms with E-state index >= 15 is 0 Å². The fourth-order valence-corrected chi connectivity index (χ4v) is 2.62. The van der Waals surface area contributed by atoms with Gasteiger partial charge in [0.25, 0.3) is 5.69 Å². The van der Waals surface area contributed by atoms with E-state index < -0.39 is 4.92 Å². The molecule has 0 bridgehead atoms. The van der Waals surface area contributed by atoms with Gasteiger partial charge in [0, 0.05) is 31.3 Å². The summed E-state index contributed by atoms with van der Waals surface area (Å²) in [6.45, 7) is 1.52. The average Bonchev–Trinajstić information content (AvgIpc) is 2.94. The summed E-state index contributed by atoms with van der Waals surface area (Å²) in [7, 11) is 0. The van der Waals surface area contributed by atoms with E-state index in [2.05, 4.69) is 14.9 Å². The molecule has 0 saturated carbocycles. The number of benzene rings is 1. The van der Waals surface area contributed by atoms with Crippen molar-refractivity contribution in [1.82, 2.24) is 9.97 Å². The lowest BCUT2D eigenvalue weighted by Crippen LogP contribution is -2.35. The smallest absolute Gasteiger partial charge is 0.271 e. The van der Waals surface area contributed by atoms with Crippen molar-refractivity contribution in [3.05, 3.63) is 34.5 Å². The SMILES string of the molecule is NC[C@H]1CCCN1c1cnc2cc([N+](=O)[O-])ccc2n1. The standard InChI is InChI=1S/C13H15N5O2/c14-7-10-2-1-5-17(10)13-8-15-12-6-9(18(19)20)3-4-11(12)16-13/h3-4,6,8,10H,1-2,5,7,14H2/t10-/m1/s1. The lowest BCUT2D eigenvalue weighted by molar-refractivity contribution is -0.384. The van der Waals surface area contributed by atoms with E-state index in [0.717, 1.165) is 25.2 Å². The summed E-state index contributed by atoms with van der Waals surface area (Å²) in [5.74, 6) is 0.791. The van der Waals surface area contributed by atoms with Crippen molar-refractivity contribution in [2.75, 3.05) is 18.0 Å². The number of nitro groups is 1. The summed E-state index contributed by atoms with van der Waals surface area (Å²) >= 11 is 0. The highest BCUT2D eigenvalue weighted by molar-refractivity contribution is 5.78. The normalized spacial score (nSPS) is 18.6. The van der Waals surface area contributed by atoms with Gasteiger partial charge < -0.3 is 10.6 Å². The number of anilines is 1. The maximum Gasteiger partial charge on any atom is 0.271 e. The predicted octanol–water partition coefficient (Wildman–Crippen LogP) is 1.47. The van der Waals surface area contributed by atoms with Gasteiger partial charge in [0.05, 0.1) is 22.2 Å². The molecule has 1 fully saturated rings. The summed E-state index contributed by atoms with van der Waals surface area (Å²) in [6, 6.07) is 4.83. The highest BCUT2D eigenvalue weighted by Gasteiger charge is 2.24. The van der Waals surface area contributed by atoms with E-state index in [1.54, 1.807) is 12.3 Å². The zero-order chi connectivity index (χ0) is 14.1. The second kappa shape index (κ2) is 5.01. The van der Waals surface area contributed by atoms with Crippen LogP contribution >= 0.6 is 0 Å². The Labute approximate surface area is 115 Å². The first-order valence-corrected chi connectivity index (χ1v) is 6.57. The van der Waals surface area contributed by atoms with Gasteiger partial charge in [0.1, 0.15) is 5.82 Å². The van der Waals surface area contributed by atoms with Gasteiger partial charge in [-0.25, -0.2) is 4.98 Å². The molecular weight excluding hydrogens is 258 g/mol. The number of nitro benzene ring substituents is 1. The molecule has 2 N–H and O–H groups in total.